The van der Waals surface area contributed by atoms with Crippen molar-refractivity contribution in [3.05, 3.63) is 11.6 Å². The van der Waals surface area contributed by atoms with E-state index in [-0.39, 0.29) is 5.91 Å². The number of hydrogen-bond acceptors (Lipinski definition) is 3. The number of nitrogens with one attached hydrogen (secondary N) is 2. The molecule has 0 saturated heterocycles. The summed E-state index contributed by atoms with van der Waals surface area (Å²) in [6.07, 6.45) is 5.40. The van der Waals surface area contributed by atoms with Gasteiger partial charge in [-0.3, -0.25) is 4.79 Å². The molecule has 0 unspecified atom stereocenters. The van der Waals surface area contributed by atoms with Crippen molar-refractivity contribution < 1.29 is 9.53 Å². The summed E-state index contributed by atoms with van der Waals surface area (Å²) in [5.41, 5.74) is 1.32. The number of carbonyl (C=O) groups excluding carboxylic acids is 1. The van der Waals surface area contributed by atoms with Crippen LogP contribution < -0.4 is 10.6 Å². The van der Waals surface area contributed by atoms with Crippen LogP contribution in [0.4, 0.5) is 0 Å². The molecule has 4 nitrogen and oxygen atoms in total. The van der Waals surface area contributed by atoms with Crippen molar-refractivity contribution in [2.75, 3.05) is 32.8 Å². The van der Waals surface area contributed by atoms with Crippen molar-refractivity contribution in [3.63, 3.8) is 0 Å². The third-order valence-corrected chi connectivity index (χ3v) is 2.88. The Kier molecular flexibility index (Phi) is 4.36. The summed E-state index contributed by atoms with van der Waals surface area (Å²) in [5, 5.41) is 6.24. The minimum absolute atomic E-state index is 0.224. The van der Waals surface area contributed by atoms with Gasteiger partial charge in [0.1, 0.15) is 0 Å². The molecule has 0 bridgehead atoms. The minimum Gasteiger partial charge on any atom is -0.377 e. The molecule has 0 radical (unpaired) electrons. The average molecular weight is 224 g/mol. The van der Waals surface area contributed by atoms with Gasteiger partial charge in [0.2, 0.25) is 5.91 Å². The van der Waals surface area contributed by atoms with Gasteiger partial charge in [-0.1, -0.05) is 6.08 Å². The molecular weight excluding hydrogens is 204 g/mol. The van der Waals surface area contributed by atoms with Gasteiger partial charge in [0.25, 0.3) is 0 Å². The van der Waals surface area contributed by atoms with E-state index in [1.54, 1.807) is 0 Å². The van der Waals surface area contributed by atoms with Crippen molar-refractivity contribution in [1.29, 1.82) is 0 Å². The molecular formula is C12H20N2O2. The largest absolute Gasteiger partial charge is 0.377 e. The van der Waals surface area contributed by atoms with Crippen molar-refractivity contribution in [2.45, 2.75) is 19.3 Å². The average Bonchev–Trinajstić information content (AvgIpc) is 3.13. The van der Waals surface area contributed by atoms with E-state index < -0.39 is 0 Å². The van der Waals surface area contributed by atoms with Crippen LogP contribution in [0.5, 0.6) is 0 Å². The van der Waals surface area contributed by atoms with Crippen LogP contribution in [-0.2, 0) is 9.53 Å². The molecule has 16 heavy (non-hydrogen) atoms. The van der Waals surface area contributed by atoms with Crippen LogP contribution >= 0.6 is 0 Å². The van der Waals surface area contributed by atoms with E-state index in [1.807, 2.05) is 0 Å². The first-order valence-corrected chi connectivity index (χ1v) is 6.10. The van der Waals surface area contributed by atoms with Crippen molar-refractivity contribution in [2.24, 2.45) is 5.92 Å². The molecule has 0 aromatic rings. The lowest BCUT2D eigenvalue weighted by Crippen LogP contribution is -2.33. The lowest BCUT2D eigenvalue weighted by atomic mass is 10.2. The molecule has 0 atom stereocenters. The van der Waals surface area contributed by atoms with Crippen molar-refractivity contribution in [1.82, 2.24) is 10.6 Å². The van der Waals surface area contributed by atoms with Crippen molar-refractivity contribution >= 4 is 5.91 Å². The van der Waals surface area contributed by atoms with Gasteiger partial charge in [0.05, 0.1) is 13.2 Å². The molecule has 1 heterocycles. The fourth-order valence-electron chi connectivity index (χ4n) is 1.74. The first kappa shape index (κ1) is 11.6. The fraction of sp³-hybridized carbons (Fsp3) is 0.750. The lowest BCUT2D eigenvalue weighted by molar-refractivity contribution is -0.122. The highest BCUT2D eigenvalue weighted by Gasteiger charge is 2.28. The second-order valence-electron chi connectivity index (χ2n) is 4.45. The molecule has 0 spiro atoms. The van der Waals surface area contributed by atoms with Crippen LogP contribution in [0.3, 0.4) is 0 Å². The second kappa shape index (κ2) is 6.01. The molecule has 2 rings (SSSR count). The molecule has 1 amide bonds. The zero-order chi connectivity index (χ0) is 11.2. The van der Waals surface area contributed by atoms with E-state index in [0.717, 1.165) is 52.1 Å². The molecule has 2 N–H and O–H groups in total. The van der Waals surface area contributed by atoms with Gasteiger partial charge in [-0.2, -0.15) is 0 Å². The summed E-state index contributed by atoms with van der Waals surface area (Å²) < 4.78 is 5.34. The minimum atomic E-state index is 0.224. The Morgan fingerprint density at radius 3 is 3.00 bits per heavy atom. The Labute approximate surface area is 96.4 Å². The third kappa shape index (κ3) is 3.94. The maximum Gasteiger partial charge on any atom is 0.223 e. The summed E-state index contributed by atoms with van der Waals surface area (Å²) in [7, 11) is 0. The summed E-state index contributed by atoms with van der Waals surface area (Å²) in [6.45, 7) is 4.03. The monoisotopic (exact) mass is 224 g/mol. The number of carbonyl (C=O) groups is 1. The maximum absolute atomic E-state index is 11.3. The smallest absolute Gasteiger partial charge is 0.223 e. The summed E-state index contributed by atoms with van der Waals surface area (Å²) in [4.78, 5) is 11.3. The van der Waals surface area contributed by atoms with E-state index in [1.165, 1.54) is 5.57 Å². The van der Waals surface area contributed by atoms with Gasteiger partial charge < -0.3 is 15.4 Å². The number of rotatable bonds is 6. The Bertz CT molecular complexity index is 272. The molecule has 1 saturated carbocycles. The van der Waals surface area contributed by atoms with Gasteiger partial charge in [-0.05, 0) is 24.8 Å². The summed E-state index contributed by atoms with van der Waals surface area (Å²) in [5.74, 6) is 0.538. The number of hydrogen-bond donors (Lipinski definition) is 2. The van der Waals surface area contributed by atoms with Gasteiger partial charge in [-0.25, -0.2) is 0 Å². The van der Waals surface area contributed by atoms with Gasteiger partial charge in [0, 0.05) is 25.6 Å². The van der Waals surface area contributed by atoms with E-state index in [4.69, 9.17) is 4.74 Å². The molecule has 4 heteroatoms. The third-order valence-electron chi connectivity index (χ3n) is 2.88. The predicted molar refractivity (Wildman–Crippen MR) is 62.1 cm³/mol. The Balaban J connectivity index is 1.48. The Hall–Kier alpha value is -0.870. The van der Waals surface area contributed by atoms with Crippen LogP contribution in [0.25, 0.3) is 0 Å². The zero-order valence-electron chi connectivity index (χ0n) is 9.63. The first-order chi connectivity index (χ1) is 7.86. The SMILES string of the molecule is O=C(NCCNCC1=CCCOC1)C1CC1. The van der Waals surface area contributed by atoms with E-state index in [9.17, 15) is 4.79 Å². The Morgan fingerprint density at radius 2 is 2.31 bits per heavy atom. The van der Waals surface area contributed by atoms with Crippen LogP contribution in [0.2, 0.25) is 0 Å². The fourth-order valence-corrected chi connectivity index (χ4v) is 1.74. The van der Waals surface area contributed by atoms with Crippen LogP contribution in [0.15, 0.2) is 11.6 Å². The predicted octanol–water partition coefficient (Wildman–Crippen LogP) is 0.449. The van der Waals surface area contributed by atoms with Gasteiger partial charge in [0.15, 0.2) is 0 Å². The first-order valence-electron chi connectivity index (χ1n) is 6.10. The molecule has 1 fully saturated rings. The van der Waals surface area contributed by atoms with E-state index >= 15 is 0 Å². The molecule has 0 aromatic heterocycles. The summed E-state index contributed by atoms with van der Waals surface area (Å²) in [6, 6.07) is 0. The van der Waals surface area contributed by atoms with Crippen LogP contribution in [0.1, 0.15) is 19.3 Å². The normalized spacial score (nSPS) is 20.4. The molecule has 2 aliphatic rings. The molecule has 1 aliphatic heterocycles. The quantitative estimate of drug-likeness (QED) is 0.509. The highest BCUT2D eigenvalue weighted by atomic mass is 16.5. The van der Waals surface area contributed by atoms with Gasteiger partial charge >= 0.3 is 0 Å². The molecule has 0 aromatic carbocycles. The van der Waals surface area contributed by atoms with Crippen LogP contribution in [0, 0.1) is 5.92 Å². The number of amides is 1. The highest BCUT2D eigenvalue weighted by Crippen LogP contribution is 2.28. The molecule has 90 valence electrons. The van der Waals surface area contributed by atoms with Crippen molar-refractivity contribution in [3.8, 4) is 0 Å². The highest BCUT2D eigenvalue weighted by molar-refractivity contribution is 5.80. The maximum atomic E-state index is 11.3. The standard InChI is InChI=1S/C12H20N2O2/c15-12(11-3-4-11)14-6-5-13-8-10-2-1-7-16-9-10/h2,11,13H,1,3-9H2,(H,14,15). The summed E-state index contributed by atoms with van der Waals surface area (Å²) >= 11 is 0. The van der Waals surface area contributed by atoms with E-state index in [0.29, 0.717) is 5.92 Å². The van der Waals surface area contributed by atoms with Gasteiger partial charge in [-0.15, -0.1) is 0 Å². The second-order valence-corrected chi connectivity index (χ2v) is 4.45. The van der Waals surface area contributed by atoms with E-state index in [2.05, 4.69) is 16.7 Å². The molecule has 1 aliphatic carbocycles. The topological polar surface area (TPSA) is 50.4 Å². The number of ether oxygens (including phenoxy) is 1. The Morgan fingerprint density at radius 1 is 1.44 bits per heavy atom. The lowest BCUT2D eigenvalue weighted by Gasteiger charge is -2.14. The zero-order valence-corrected chi connectivity index (χ0v) is 9.63. The van der Waals surface area contributed by atoms with Crippen LogP contribution in [-0.4, -0.2) is 38.8 Å².